The third-order valence-electron chi connectivity index (χ3n) is 6.07. The van der Waals surface area contributed by atoms with Crippen molar-refractivity contribution in [3.8, 4) is 11.1 Å². The van der Waals surface area contributed by atoms with Crippen LogP contribution >= 0.6 is 0 Å². The van der Waals surface area contributed by atoms with Crippen molar-refractivity contribution in [3.05, 3.63) is 60.2 Å². The summed E-state index contributed by atoms with van der Waals surface area (Å²) in [4.78, 5) is 31.1. The zero-order valence-corrected chi connectivity index (χ0v) is 19.0. The number of pyridine rings is 1. The highest BCUT2D eigenvalue weighted by Crippen LogP contribution is 2.25. The Bertz CT molecular complexity index is 1320. The number of aryl methyl sites for hydroxylation is 1. The molecule has 0 unspecified atom stereocenters. The van der Waals surface area contributed by atoms with Crippen LogP contribution in [0, 0.1) is 6.92 Å². The Labute approximate surface area is 192 Å². The lowest BCUT2D eigenvalue weighted by atomic mass is 10.1. The highest BCUT2D eigenvalue weighted by atomic mass is 16.1. The molecule has 0 saturated carbocycles. The van der Waals surface area contributed by atoms with Crippen LogP contribution in [-0.4, -0.2) is 68.8 Å². The number of carbonyl (C=O) groups excluding carboxylic acids is 1. The van der Waals surface area contributed by atoms with Crippen molar-refractivity contribution in [2.45, 2.75) is 6.92 Å². The summed E-state index contributed by atoms with van der Waals surface area (Å²) in [5, 5.41) is 7.99. The average Bonchev–Trinajstić information content (AvgIpc) is 3.25. The fourth-order valence-corrected chi connectivity index (χ4v) is 4.11. The molecule has 1 N–H and O–H groups in total. The van der Waals surface area contributed by atoms with Gasteiger partial charge in [0.25, 0.3) is 5.91 Å². The first kappa shape index (κ1) is 21.0. The molecule has 33 heavy (non-hydrogen) atoms. The number of nitrogens with zero attached hydrogens (tertiary/aromatic N) is 7. The number of piperazine rings is 1. The van der Waals surface area contributed by atoms with Crippen LogP contribution in [0.2, 0.25) is 0 Å². The minimum absolute atomic E-state index is 0.243. The first-order chi connectivity index (χ1) is 16.0. The first-order valence-corrected chi connectivity index (χ1v) is 10.9. The summed E-state index contributed by atoms with van der Waals surface area (Å²) >= 11 is 0. The molecule has 5 rings (SSSR count). The van der Waals surface area contributed by atoms with Crippen molar-refractivity contribution in [1.29, 1.82) is 0 Å². The van der Waals surface area contributed by atoms with E-state index in [4.69, 9.17) is 0 Å². The molecular weight excluding hydrogens is 416 g/mol. The lowest BCUT2D eigenvalue weighted by molar-refractivity contribution is 0.102. The number of fused-ring (bicyclic) bond motifs is 1. The summed E-state index contributed by atoms with van der Waals surface area (Å²) in [6, 6.07) is 7.71. The van der Waals surface area contributed by atoms with Crippen LogP contribution in [0.3, 0.4) is 0 Å². The molecule has 4 heterocycles. The Balaban J connectivity index is 1.39. The van der Waals surface area contributed by atoms with E-state index in [9.17, 15) is 4.79 Å². The number of amides is 1. The van der Waals surface area contributed by atoms with Gasteiger partial charge in [-0.3, -0.25) is 14.8 Å². The zero-order valence-electron chi connectivity index (χ0n) is 19.0. The molecule has 1 aliphatic rings. The summed E-state index contributed by atoms with van der Waals surface area (Å²) in [5.74, 6) is 0.887. The van der Waals surface area contributed by atoms with E-state index < -0.39 is 0 Å². The third kappa shape index (κ3) is 4.27. The maximum absolute atomic E-state index is 13.1. The van der Waals surface area contributed by atoms with Crippen molar-refractivity contribution in [2.24, 2.45) is 7.05 Å². The van der Waals surface area contributed by atoms with Gasteiger partial charge in [0.2, 0.25) is 5.95 Å². The summed E-state index contributed by atoms with van der Waals surface area (Å²) in [6.07, 6.45) is 7.18. The average molecular weight is 443 g/mol. The van der Waals surface area contributed by atoms with Gasteiger partial charge in [-0.15, -0.1) is 0 Å². The van der Waals surface area contributed by atoms with Crippen molar-refractivity contribution in [1.82, 2.24) is 29.6 Å². The normalized spacial score (nSPS) is 14.6. The molecular formula is C24H26N8O. The van der Waals surface area contributed by atoms with Crippen molar-refractivity contribution in [2.75, 3.05) is 43.4 Å². The fraction of sp³-hybridized carbons (Fsp3) is 0.292. The number of hydrogen-bond donors (Lipinski definition) is 1. The number of anilines is 2. The summed E-state index contributed by atoms with van der Waals surface area (Å²) in [7, 11) is 4.00. The van der Waals surface area contributed by atoms with Gasteiger partial charge < -0.3 is 9.80 Å². The van der Waals surface area contributed by atoms with Crippen LogP contribution in [-0.2, 0) is 7.05 Å². The van der Waals surface area contributed by atoms with Gasteiger partial charge >= 0.3 is 0 Å². The monoisotopic (exact) mass is 442 g/mol. The summed E-state index contributed by atoms with van der Waals surface area (Å²) in [5.41, 5.74) is 4.21. The zero-order chi connectivity index (χ0) is 22.9. The predicted molar refractivity (Wildman–Crippen MR) is 128 cm³/mol. The van der Waals surface area contributed by atoms with Gasteiger partial charge in [0.1, 0.15) is 5.82 Å². The second-order valence-corrected chi connectivity index (χ2v) is 8.42. The lowest BCUT2D eigenvalue weighted by Gasteiger charge is -2.34. The molecule has 9 nitrogen and oxygen atoms in total. The smallest absolute Gasteiger partial charge is 0.258 e. The van der Waals surface area contributed by atoms with E-state index in [2.05, 4.69) is 42.2 Å². The highest BCUT2D eigenvalue weighted by Gasteiger charge is 2.21. The standard InChI is InChI=1S/C24H26N8O/c1-16-20(6-7-25-22(16)32-10-8-30(2)9-11-32)23(33)29-24-26-13-18-5-4-17(12-21(18)28-24)19-14-27-31(3)15-19/h4-7,12-15H,8-11H2,1-3H3,(H,26,28,29,33). The predicted octanol–water partition coefficient (Wildman–Crippen LogP) is 2.74. The molecule has 0 radical (unpaired) electrons. The Kier molecular flexibility index (Phi) is 5.47. The third-order valence-corrected chi connectivity index (χ3v) is 6.07. The molecule has 3 aromatic heterocycles. The maximum atomic E-state index is 13.1. The molecule has 1 amide bonds. The number of hydrogen-bond acceptors (Lipinski definition) is 7. The van der Waals surface area contributed by atoms with Crippen molar-refractivity contribution < 1.29 is 4.79 Å². The van der Waals surface area contributed by atoms with Crippen molar-refractivity contribution >= 4 is 28.6 Å². The molecule has 1 aliphatic heterocycles. The topological polar surface area (TPSA) is 92.1 Å². The fourth-order valence-electron chi connectivity index (χ4n) is 4.11. The molecule has 0 atom stereocenters. The van der Waals surface area contributed by atoms with Crippen LogP contribution < -0.4 is 10.2 Å². The summed E-state index contributed by atoms with van der Waals surface area (Å²) < 4.78 is 1.76. The highest BCUT2D eigenvalue weighted by molar-refractivity contribution is 6.05. The quantitative estimate of drug-likeness (QED) is 0.520. The number of aromatic nitrogens is 5. The van der Waals surface area contributed by atoms with E-state index in [0.29, 0.717) is 5.56 Å². The summed E-state index contributed by atoms with van der Waals surface area (Å²) in [6.45, 7) is 5.68. The van der Waals surface area contributed by atoms with Gasteiger partial charge in [0.15, 0.2) is 0 Å². The second-order valence-electron chi connectivity index (χ2n) is 8.42. The van der Waals surface area contributed by atoms with Crippen LogP contribution in [0.25, 0.3) is 22.0 Å². The van der Waals surface area contributed by atoms with Gasteiger partial charge in [-0.05, 0) is 31.7 Å². The van der Waals surface area contributed by atoms with E-state index in [0.717, 1.165) is 59.6 Å². The minimum Gasteiger partial charge on any atom is -0.354 e. The Morgan fingerprint density at radius 3 is 2.58 bits per heavy atom. The van der Waals surface area contributed by atoms with E-state index in [-0.39, 0.29) is 11.9 Å². The van der Waals surface area contributed by atoms with Gasteiger partial charge in [-0.1, -0.05) is 12.1 Å². The van der Waals surface area contributed by atoms with Gasteiger partial charge in [0, 0.05) is 73.9 Å². The molecule has 9 heteroatoms. The number of nitrogens with one attached hydrogen (secondary N) is 1. The molecule has 0 bridgehead atoms. The SMILES string of the molecule is Cc1c(C(=O)Nc2ncc3ccc(-c4cnn(C)c4)cc3n2)ccnc1N1CCN(C)CC1. The van der Waals surface area contributed by atoms with E-state index in [1.807, 2.05) is 44.6 Å². The first-order valence-electron chi connectivity index (χ1n) is 10.9. The molecule has 1 fully saturated rings. The lowest BCUT2D eigenvalue weighted by Crippen LogP contribution is -2.45. The number of carbonyl (C=O) groups is 1. The van der Waals surface area contributed by atoms with Gasteiger partial charge in [-0.2, -0.15) is 5.10 Å². The molecule has 1 aromatic carbocycles. The number of likely N-dealkylation sites (N-methyl/N-ethyl adjacent to an activating group) is 1. The molecule has 0 spiro atoms. The van der Waals surface area contributed by atoms with E-state index in [1.165, 1.54) is 0 Å². The van der Waals surface area contributed by atoms with Crippen molar-refractivity contribution in [3.63, 3.8) is 0 Å². The molecule has 0 aliphatic carbocycles. The largest absolute Gasteiger partial charge is 0.354 e. The Hall–Kier alpha value is -3.85. The molecule has 1 saturated heterocycles. The van der Waals surface area contributed by atoms with E-state index >= 15 is 0 Å². The second kappa shape index (κ2) is 8.59. The molecule has 4 aromatic rings. The van der Waals surface area contributed by atoms with Crippen LogP contribution in [0.15, 0.2) is 49.1 Å². The van der Waals surface area contributed by atoms with Gasteiger partial charge in [-0.25, -0.2) is 15.0 Å². The number of rotatable bonds is 4. The Morgan fingerprint density at radius 1 is 1.00 bits per heavy atom. The van der Waals surface area contributed by atoms with Gasteiger partial charge in [0.05, 0.1) is 11.7 Å². The minimum atomic E-state index is -0.243. The van der Waals surface area contributed by atoms with Crippen LogP contribution in [0.1, 0.15) is 15.9 Å². The van der Waals surface area contributed by atoms with Crippen LogP contribution in [0.4, 0.5) is 11.8 Å². The Morgan fingerprint density at radius 2 is 1.82 bits per heavy atom. The maximum Gasteiger partial charge on any atom is 0.258 e. The van der Waals surface area contributed by atoms with Crippen LogP contribution in [0.5, 0.6) is 0 Å². The van der Waals surface area contributed by atoms with E-state index in [1.54, 1.807) is 23.1 Å². The molecule has 168 valence electrons. The number of benzene rings is 1.